The lowest BCUT2D eigenvalue weighted by atomic mass is 9.85. The van der Waals surface area contributed by atoms with Gasteiger partial charge in [-0.2, -0.15) is 0 Å². The van der Waals surface area contributed by atoms with E-state index in [1.54, 1.807) is 0 Å². The molecule has 2 heteroatoms. The van der Waals surface area contributed by atoms with Gasteiger partial charge >= 0.3 is 5.97 Å². The molecule has 2 aliphatic carbocycles. The van der Waals surface area contributed by atoms with Crippen molar-refractivity contribution in [2.45, 2.75) is 59.3 Å². The Labute approximate surface area is 140 Å². The average Bonchev–Trinajstić information content (AvgIpc) is 2.63. The highest BCUT2D eigenvalue weighted by Crippen LogP contribution is 2.40. The molecule has 0 aliphatic heterocycles. The first kappa shape index (κ1) is 17.5. The normalized spacial score (nSPS) is 12.5. The molecule has 0 unspecified atom stereocenters. The second-order valence-electron chi connectivity index (χ2n) is 8.14. The van der Waals surface area contributed by atoms with Crippen LogP contribution in [0.15, 0.2) is 30.3 Å². The van der Waals surface area contributed by atoms with Crippen molar-refractivity contribution in [2.24, 2.45) is 0 Å². The molecule has 0 amide bonds. The summed E-state index contributed by atoms with van der Waals surface area (Å²) in [5, 5.41) is 0. The van der Waals surface area contributed by atoms with Crippen LogP contribution < -0.4 is 0 Å². The van der Waals surface area contributed by atoms with Gasteiger partial charge < -0.3 is 4.74 Å². The van der Waals surface area contributed by atoms with Crippen LogP contribution >= 0.6 is 0 Å². The summed E-state index contributed by atoms with van der Waals surface area (Å²) in [6.07, 6.45) is 0. The number of esters is 1. The average molecular weight is 312 g/mol. The zero-order chi connectivity index (χ0) is 17.4. The molecule has 2 aliphatic rings. The van der Waals surface area contributed by atoms with E-state index in [1.807, 2.05) is 13.0 Å². The van der Waals surface area contributed by atoms with Gasteiger partial charge in [0.15, 0.2) is 0 Å². The van der Waals surface area contributed by atoms with Crippen LogP contribution in [0.5, 0.6) is 0 Å². The molecular formula is C21H28O2. The van der Waals surface area contributed by atoms with Gasteiger partial charge in [-0.25, -0.2) is 4.79 Å². The summed E-state index contributed by atoms with van der Waals surface area (Å²) in [5.41, 5.74) is 5.26. The summed E-state index contributed by atoms with van der Waals surface area (Å²) in [6.45, 7) is 15.4. The molecule has 23 heavy (non-hydrogen) atoms. The van der Waals surface area contributed by atoms with Gasteiger partial charge in [-0.15, -0.1) is 0 Å². The summed E-state index contributed by atoms with van der Waals surface area (Å²) in [4.78, 5) is 12.4. The molecule has 0 radical (unpaired) electrons. The minimum atomic E-state index is -0.239. The number of hydrogen-bond acceptors (Lipinski definition) is 2. The molecule has 0 saturated heterocycles. The zero-order valence-electron chi connectivity index (χ0n) is 15.4. The monoisotopic (exact) mass is 312 g/mol. The highest BCUT2D eigenvalue weighted by atomic mass is 16.5. The van der Waals surface area contributed by atoms with E-state index in [0.717, 1.165) is 11.1 Å². The van der Waals surface area contributed by atoms with Crippen LogP contribution in [-0.4, -0.2) is 12.6 Å². The van der Waals surface area contributed by atoms with Crippen LogP contribution in [0.25, 0.3) is 11.1 Å². The SMILES string of the molecule is CCOC(=O)c1cc(C(C)(C)C)c2ccc(C(C)(C)C)ccc1-2. The van der Waals surface area contributed by atoms with Crippen LogP contribution in [0, 0.1) is 0 Å². The maximum atomic E-state index is 12.4. The number of fused-ring (bicyclic) bond motifs is 1. The summed E-state index contributed by atoms with van der Waals surface area (Å²) < 4.78 is 5.25. The van der Waals surface area contributed by atoms with Crippen molar-refractivity contribution in [3.63, 3.8) is 0 Å². The molecule has 0 saturated carbocycles. The summed E-state index contributed by atoms with van der Waals surface area (Å²) >= 11 is 0. The predicted octanol–water partition coefficient (Wildman–Crippen LogP) is 5.56. The summed E-state index contributed by atoms with van der Waals surface area (Å²) in [7, 11) is 0. The van der Waals surface area contributed by atoms with E-state index in [1.165, 1.54) is 11.1 Å². The highest BCUT2D eigenvalue weighted by molar-refractivity contribution is 6.00. The summed E-state index contributed by atoms with van der Waals surface area (Å²) in [6, 6.07) is 10.5. The minimum absolute atomic E-state index is 0.0285. The van der Waals surface area contributed by atoms with Crippen molar-refractivity contribution in [3.8, 4) is 11.1 Å². The second kappa shape index (κ2) is 5.99. The number of hydrogen-bond donors (Lipinski definition) is 0. The van der Waals surface area contributed by atoms with Crippen LogP contribution in [0.2, 0.25) is 0 Å². The molecule has 0 bridgehead atoms. The topological polar surface area (TPSA) is 26.3 Å². The first-order valence-corrected chi connectivity index (χ1v) is 8.30. The number of ether oxygens (including phenoxy) is 1. The Bertz CT molecular complexity index is 684. The molecule has 0 spiro atoms. The fourth-order valence-electron chi connectivity index (χ4n) is 2.85. The Hall–Kier alpha value is -1.83. The van der Waals surface area contributed by atoms with E-state index < -0.39 is 0 Å². The molecule has 0 aromatic rings. The molecule has 0 atom stereocenters. The zero-order valence-corrected chi connectivity index (χ0v) is 15.4. The molecule has 2 rings (SSSR count). The lowest BCUT2D eigenvalue weighted by Gasteiger charge is -2.19. The lowest BCUT2D eigenvalue weighted by Crippen LogP contribution is -2.11. The highest BCUT2D eigenvalue weighted by Gasteiger charge is 2.27. The number of carbonyl (C=O) groups excluding carboxylic acids is 1. The van der Waals surface area contributed by atoms with Gasteiger partial charge in [-0.05, 0) is 46.1 Å². The van der Waals surface area contributed by atoms with E-state index in [2.05, 4.69) is 65.8 Å². The molecule has 0 N–H and O–H groups in total. The largest absolute Gasteiger partial charge is 0.462 e. The molecule has 124 valence electrons. The molecule has 0 fully saturated rings. The summed E-state index contributed by atoms with van der Waals surface area (Å²) in [5.74, 6) is -0.239. The Morgan fingerprint density at radius 1 is 0.913 bits per heavy atom. The van der Waals surface area contributed by atoms with Crippen LogP contribution in [0.1, 0.15) is 70.0 Å². The number of carbonyl (C=O) groups is 1. The van der Waals surface area contributed by atoms with E-state index in [0.29, 0.717) is 12.2 Å². The molecule has 0 aromatic carbocycles. The fraction of sp³-hybridized carbons (Fsp3) is 0.476. The van der Waals surface area contributed by atoms with Gasteiger partial charge in [0.2, 0.25) is 0 Å². The molecule has 0 heterocycles. The maximum Gasteiger partial charge on any atom is 0.338 e. The van der Waals surface area contributed by atoms with Crippen molar-refractivity contribution in [2.75, 3.05) is 6.61 Å². The third-order valence-electron chi connectivity index (χ3n) is 4.19. The van der Waals surface area contributed by atoms with E-state index >= 15 is 0 Å². The molecule has 2 nitrogen and oxygen atoms in total. The quantitative estimate of drug-likeness (QED) is 0.678. The van der Waals surface area contributed by atoms with Crippen molar-refractivity contribution in [3.05, 3.63) is 47.0 Å². The third-order valence-corrected chi connectivity index (χ3v) is 4.19. The smallest absolute Gasteiger partial charge is 0.338 e. The second-order valence-corrected chi connectivity index (χ2v) is 8.14. The van der Waals surface area contributed by atoms with Crippen LogP contribution in [0.3, 0.4) is 0 Å². The van der Waals surface area contributed by atoms with E-state index in [9.17, 15) is 4.79 Å². The fourth-order valence-corrected chi connectivity index (χ4v) is 2.85. The molecule has 0 aromatic heterocycles. The van der Waals surface area contributed by atoms with Gasteiger partial charge in [-0.3, -0.25) is 0 Å². The van der Waals surface area contributed by atoms with Crippen LogP contribution in [0.4, 0.5) is 0 Å². The Morgan fingerprint density at radius 3 is 1.96 bits per heavy atom. The Morgan fingerprint density at radius 2 is 1.48 bits per heavy atom. The van der Waals surface area contributed by atoms with Crippen LogP contribution in [-0.2, 0) is 15.6 Å². The van der Waals surface area contributed by atoms with Crippen molar-refractivity contribution in [1.82, 2.24) is 0 Å². The van der Waals surface area contributed by atoms with E-state index in [-0.39, 0.29) is 16.8 Å². The van der Waals surface area contributed by atoms with Gasteiger partial charge in [0.05, 0.1) is 12.2 Å². The first-order valence-electron chi connectivity index (χ1n) is 8.30. The van der Waals surface area contributed by atoms with Crippen molar-refractivity contribution in [1.29, 1.82) is 0 Å². The van der Waals surface area contributed by atoms with Gasteiger partial charge in [0.25, 0.3) is 0 Å². The van der Waals surface area contributed by atoms with Crippen molar-refractivity contribution < 1.29 is 9.53 Å². The first-order chi connectivity index (χ1) is 10.6. The van der Waals surface area contributed by atoms with Gasteiger partial charge in [-0.1, -0.05) is 65.8 Å². The lowest BCUT2D eigenvalue weighted by molar-refractivity contribution is 0.0527. The van der Waals surface area contributed by atoms with E-state index in [4.69, 9.17) is 4.74 Å². The molecular weight excluding hydrogens is 284 g/mol. The minimum Gasteiger partial charge on any atom is -0.462 e. The Kier molecular flexibility index (Phi) is 4.57. The van der Waals surface area contributed by atoms with Crippen molar-refractivity contribution >= 4 is 5.97 Å². The predicted molar refractivity (Wildman–Crippen MR) is 96.4 cm³/mol. The Balaban J connectivity index is 2.72. The maximum absolute atomic E-state index is 12.4. The van der Waals surface area contributed by atoms with Gasteiger partial charge in [0, 0.05) is 0 Å². The van der Waals surface area contributed by atoms with Gasteiger partial charge in [0.1, 0.15) is 0 Å². The standard InChI is InChI=1S/C21H28O2/c1-8-23-19(22)17-13-18(21(5,6)7)16-12-10-14(20(2,3)4)9-11-15(16)17/h9-13H,8H2,1-7H3. The third kappa shape index (κ3) is 3.57. The number of rotatable bonds is 2.